The van der Waals surface area contributed by atoms with Gasteiger partial charge in [-0.05, 0) is 62.4 Å². The second kappa shape index (κ2) is 13.6. The number of likely N-dealkylation sites (tertiary alicyclic amines) is 1. The van der Waals surface area contributed by atoms with Crippen LogP contribution in [-0.4, -0.2) is 48.9 Å². The predicted octanol–water partition coefficient (Wildman–Crippen LogP) is 6.16. The third-order valence-electron chi connectivity index (χ3n) is 7.81. The van der Waals surface area contributed by atoms with E-state index in [0.29, 0.717) is 11.8 Å². The summed E-state index contributed by atoms with van der Waals surface area (Å²) in [7, 11) is 0. The van der Waals surface area contributed by atoms with Gasteiger partial charge in [-0.1, -0.05) is 69.2 Å². The monoisotopic (exact) mass is 502 g/mol. The maximum Gasteiger partial charge on any atom is 0.253 e. The van der Waals surface area contributed by atoms with Crippen LogP contribution in [0, 0.1) is 17.8 Å². The zero-order valence-corrected chi connectivity index (χ0v) is 22.4. The number of nitrogens with zero attached hydrogens (tertiary/aromatic N) is 1. The lowest BCUT2D eigenvalue weighted by atomic mass is 9.81. The Labute approximate surface area is 222 Å². The van der Waals surface area contributed by atoms with Crippen molar-refractivity contribution >= 4 is 11.7 Å². The minimum atomic E-state index is 0.0536. The van der Waals surface area contributed by atoms with E-state index in [2.05, 4.69) is 31.3 Å². The first-order valence-corrected chi connectivity index (χ1v) is 14.1. The van der Waals surface area contributed by atoms with Crippen molar-refractivity contribution in [1.29, 1.82) is 0 Å². The number of nitrogens with one attached hydrogen (secondary N) is 1. The zero-order chi connectivity index (χ0) is 26.0. The van der Waals surface area contributed by atoms with E-state index in [1.807, 2.05) is 59.5 Å². The standard InChI is InChI=1S/C32H42N2O3/c1-3-10-26(24(2)31(35)27-13-8-5-9-14-27)12-7-4-6-11-25-22-34(23-25)32(36)28-15-17-29(18-16-28)37-30-19-20-33-21-30/h5-6,8-9,11,13-18,24-26,30,33H,3-4,7,10,12,19-23H2,1-2H3. The Morgan fingerprint density at radius 1 is 1.05 bits per heavy atom. The molecule has 2 aromatic carbocycles. The molecule has 2 heterocycles. The highest BCUT2D eigenvalue weighted by Crippen LogP contribution is 2.27. The number of rotatable bonds is 13. The summed E-state index contributed by atoms with van der Waals surface area (Å²) < 4.78 is 5.95. The highest BCUT2D eigenvalue weighted by Gasteiger charge is 2.29. The lowest BCUT2D eigenvalue weighted by Gasteiger charge is -2.37. The van der Waals surface area contributed by atoms with Crippen LogP contribution in [0.3, 0.4) is 0 Å². The first-order chi connectivity index (χ1) is 18.0. The molecule has 2 aliphatic heterocycles. The van der Waals surface area contributed by atoms with Gasteiger partial charge in [-0.25, -0.2) is 0 Å². The van der Waals surface area contributed by atoms with Crippen molar-refractivity contribution in [3.05, 3.63) is 77.9 Å². The van der Waals surface area contributed by atoms with Crippen LogP contribution in [0.5, 0.6) is 5.75 Å². The van der Waals surface area contributed by atoms with Crippen LogP contribution in [0.4, 0.5) is 0 Å². The summed E-state index contributed by atoms with van der Waals surface area (Å²) >= 11 is 0. The van der Waals surface area contributed by atoms with E-state index in [-0.39, 0.29) is 23.7 Å². The fourth-order valence-electron chi connectivity index (χ4n) is 5.46. The summed E-state index contributed by atoms with van der Waals surface area (Å²) in [5, 5.41) is 3.30. The van der Waals surface area contributed by atoms with E-state index in [1.165, 1.54) is 0 Å². The molecule has 3 atom stereocenters. The average Bonchev–Trinajstić information content (AvgIpc) is 3.41. The van der Waals surface area contributed by atoms with Crippen molar-refractivity contribution in [2.24, 2.45) is 17.8 Å². The molecule has 0 saturated carbocycles. The summed E-state index contributed by atoms with van der Waals surface area (Å²) in [6.45, 7) is 7.74. The minimum absolute atomic E-state index is 0.0536. The van der Waals surface area contributed by atoms with Gasteiger partial charge < -0.3 is 15.0 Å². The van der Waals surface area contributed by atoms with E-state index in [1.54, 1.807) is 0 Å². The molecule has 3 unspecified atom stereocenters. The van der Waals surface area contributed by atoms with Crippen LogP contribution in [0.2, 0.25) is 0 Å². The van der Waals surface area contributed by atoms with Crippen LogP contribution in [0.25, 0.3) is 0 Å². The second-order valence-corrected chi connectivity index (χ2v) is 10.7. The number of carbonyl (C=O) groups is 2. The van der Waals surface area contributed by atoms with Crippen molar-refractivity contribution in [3.63, 3.8) is 0 Å². The largest absolute Gasteiger partial charge is 0.489 e. The molecule has 5 heteroatoms. The van der Waals surface area contributed by atoms with Crippen molar-refractivity contribution in [2.75, 3.05) is 26.2 Å². The molecule has 2 saturated heterocycles. The second-order valence-electron chi connectivity index (χ2n) is 10.7. The number of amides is 1. The van der Waals surface area contributed by atoms with Gasteiger partial charge >= 0.3 is 0 Å². The van der Waals surface area contributed by atoms with Gasteiger partial charge in [0.15, 0.2) is 5.78 Å². The van der Waals surface area contributed by atoms with Crippen LogP contribution < -0.4 is 10.1 Å². The molecular weight excluding hydrogens is 460 g/mol. The third-order valence-corrected chi connectivity index (χ3v) is 7.81. The Morgan fingerprint density at radius 3 is 2.49 bits per heavy atom. The van der Waals surface area contributed by atoms with Gasteiger partial charge in [0.2, 0.25) is 0 Å². The Balaban J connectivity index is 1.15. The summed E-state index contributed by atoms with van der Waals surface area (Å²) in [4.78, 5) is 27.6. The number of Topliss-reactive ketones (excluding diaryl/α,β-unsaturated/α-hetero) is 1. The topological polar surface area (TPSA) is 58.6 Å². The number of benzene rings is 2. The lowest BCUT2D eigenvalue weighted by molar-refractivity contribution is 0.0568. The van der Waals surface area contributed by atoms with Crippen molar-refractivity contribution in [1.82, 2.24) is 10.2 Å². The van der Waals surface area contributed by atoms with E-state index < -0.39 is 0 Å². The number of hydrogen-bond acceptors (Lipinski definition) is 4. The van der Waals surface area contributed by atoms with Gasteiger partial charge in [0, 0.05) is 42.6 Å². The Hall–Kier alpha value is -2.92. The van der Waals surface area contributed by atoms with Gasteiger partial charge in [0.05, 0.1) is 0 Å². The van der Waals surface area contributed by atoms with Crippen molar-refractivity contribution in [3.8, 4) is 5.75 Å². The Bertz CT molecular complexity index is 1020. The molecular formula is C32H42N2O3. The number of hydrogen-bond donors (Lipinski definition) is 1. The summed E-state index contributed by atoms with van der Waals surface area (Å²) in [5.74, 6) is 2.11. The number of allylic oxidation sites excluding steroid dienone is 1. The normalized spacial score (nSPS) is 19.5. The van der Waals surface area contributed by atoms with Gasteiger partial charge in [-0.15, -0.1) is 0 Å². The highest BCUT2D eigenvalue weighted by molar-refractivity contribution is 5.97. The summed E-state index contributed by atoms with van der Waals surface area (Å²) in [6, 6.07) is 17.2. The molecule has 0 spiro atoms. The molecule has 0 bridgehead atoms. The summed E-state index contributed by atoms with van der Waals surface area (Å²) in [6.07, 6.45) is 11.2. The molecule has 37 heavy (non-hydrogen) atoms. The van der Waals surface area contributed by atoms with Gasteiger partial charge in [0.1, 0.15) is 11.9 Å². The number of carbonyl (C=O) groups excluding carboxylic acids is 2. The SMILES string of the molecule is CCCC(CCCC=CC1CN(C(=O)c2ccc(OC3CCNC3)cc2)C1)C(C)C(=O)c1ccccc1. The Kier molecular flexibility index (Phi) is 9.95. The minimum Gasteiger partial charge on any atom is -0.489 e. The van der Waals surface area contributed by atoms with Gasteiger partial charge in [-0.2, -0.15) is 0 Å². The predicted molar refractivity (Wildman–Crippen MR) is 149 cm³/mol. The molecule has 4 rings (SSSR count). The van der Waals surface area contributed by atoms with Crippen LogP contribution in [-0.2, 0) is 0 Å². The lowest BCUT2D eigenvalue weighted by Crippen LogP contribution is -2.49. The fraction of sp³-hybridized carbons (Fsp3) is 0.500. The molecule has 2 aliphatic rings. The quantitative estimate of drug-likeness (QED) is 0.202. The molecule has 1 amide bonds. The molecule has 0 radical (unpaired) electrons. The maximum absolute atomic E-state index is 12.9. The van der Waals surface area contributed by atoms with Crippen molar-refractivity contribution < 1.29 is 14.3 Å². The van der Waals surface area contributed by atoms with Gasteiger partial charge in [0.25, 0.3) is 5.91 Å². The molecule has 0 aromatic heterocycles. The van der Waals surface area contributed by atoms with E-state index in [4.69, 9.17) is 4.74 Å². The molecule has 5 nitrogen and oxygen atoms in total. The average molecular weight is 503 g/mol. The third kappa shape index (κ3) is 7.54. The Morgan fingerprint density at radius 2 is 1.81 bits per heavy atom. The van der Waals surface area contributed by atoms with Crippen LogP contribution >= 0.6 is 0 Å². The number of ether oxygens (including phenoxy) is 1. The number of ketones is 1. The first kappa shape index (κ1) is 27.1. The van der Waals surface area contributed by atoms with E-state index in [0.717, 1.165) is 81.6 Å². The number of unbranched alkanes of at least 4 members (excludes halogenated alkanes) is 1. The molecule has 0 aliphatic carbocycles. The molecule has 2 aromatic rings. The van der Waals surface area contributed by atoms with Gasteiger partial charge in [-0.3, -0.25) is 9.59 Å². The summed E-state index contributed by atoms with van der Waals surface area (Å²) in [5.41, 5.74) is 1.55. The zero-order valence-electron chi connectivity index (χ0n) is 22.4. The van der Waals surface area contributed by atoms with E-state index >= 15 is 0 Å². The smallest absolute Gasteiger partial charge is 0.253 e. The van der Waals surface area contributed by atoms with Crippen molar-refractivity contribution in [2.45, 2.75) is 58.5 Å². The molecule has 2 fully saturated rings. The van der Waals surface area contributed by atoms with E-state index in [9.17, 15) is 9.59 Å². The molecule has 198 valence electrons. The fourth-order valence-corrected chi connectivity index (χ4v) is 5.46. The molecule has 1 N–H and O–H groups in total. The first-order valence-electron chi connectivity index (χ1n) is 14.1. The van der Waals surface area contributed by atoms with Crippen LogP contribution in [0.1, 0.15) is 73.1 Å². The maximum atomic E-state index is 12.9. The van der Waals surface area contributed by atoms with Crippen LogP contribution in [0.15, 0.2) is 66.7 Å². The highest BCUT2D eigenvalue weighted by atomic mass is 16.5.